The molecule has 10 rings (SSSR count). The highest BCUT2D eigenvalue weighted by Crippen LogP contribution is 2.41. The Labute approximate surface area is 241 Å². The van der Waals surface area contributed by atoms with Gasteiger partial charge < -0.3 is 4.42 Å². The van der Waals surface area contributed by atoms with E-state index in [1.807, 2.05) is 11.3 Å². The third-order valence-corrected chi connectivity index (χ3v) is 15.5. The molecule has 6 aromatic carbocycles. The van der Waals surface area contributed by atoms with E-state index >= 15 is 0 Å². The van der Waals surface area contributed by atoms with Gasteiger partial charge in [-0.15, -0.1) is 11.3 Å². The summed E-state index contributed by atoms with van der Waals surface area (Å²) in [6.07, 6.45) is 4.82. The van der Waals surface area contributed by atoms with Crippen LogP contribution in [0.3, 0.4) is 0 Å². The summed E-state index contributed by atoms with van der Waals surface area (Å²) in [5.41, 5.74) is 7.32. The van der Waals surface area contributed by atoms with Crippen molar-refractivity contribution >= 4 is 94.4 Å². The highest BCUT2D eigenvalue weighted by molar-refractivity contribution is 7.26. The van der Waals surface area contributed by atoms with Crippen LogP contribution in [-0.4, -0.2) is 8.07 Å². The fourth-order valence-electron chi connectivity index (χ4n) is 7.81. The zero-order valence-corrected chi connectivity index (χ0v) is 23.8. The van der Waals surface area contributed by atoms with Crippen LogP contribution in [0, 0.1) is 0 Å². The summed E-state index contributed by atoms with van der Waals surface area (Å²) >= 11 is 1.90. The van der Waals surface area contributed by atoms with E-state index in [4.69, 9.17) is 4.42 Å². The molecule has 1 spiro atoms. The van der Waals surface area contributed by atoms with E-state index in [0.29, 0.717) is 0 Å². The second kappa shape index (κ2) is 7.73. The largest absolute Gasteiger partial charge is 0.456 e. The number of hydrogen-bond donors (Lipinski definition) is 0. The molecule has 2 aliphatic rings. The minimum absolute atomic E-state index is 0.945. The molecule has 0 saturated carbocycles. The van der Waals surface area contributed by atoms with Crippen LogP contribution in [0.25, 0.3) is 65.4 Å². The lowest BCUT2D eigenvalue weighted by atomic mass is 10.0. The van der Waals surface area contributed by atoms with Gasteiger partial charge in [0.1, 0.15) is 11.2 Å². The Hall–Kier alpha value is -4.70. The molecule has 41 heavy (non-hydrogen) atoms. The van der Waals surface area contributed by atoms with Gasteiger partial charge in [-0.1, -0.05) is 109 Å². The van der Waals surface area contributed by atoms with Gasteiger partial charge in [0.15, 0.2) is 8.07 Å². The monoisotopic (exact) mass is 554 g/mol. The molecule has 190 valence electrons. The van der Waals surface area contributed by atoms with Gasteiger partial charge in [-0.2, -0.15) is 0 Å². The molecule has 0 fully saturated rings. The van der Waals surface area contributed by atoms with Crippen LogP contribution < -0.4 is 20.7 Å². The first-order valence-corrected chi connectivity index (χ1v) is 16.9. The predicted molar refractivity (Wildman–Crippen MR) is 178 cm³/mol. The number of rotatable bonds is 0. The Kier molecular flexibility index (Phi) is 4.15. The van der Waals surface area contributed by atoms with Gasteiger partial charge in [0.25, 0.3) is 0 Å². The fraction of sp³-hybridized carbons (Fsp3) is 0. The maximum absolute atomic E-state index is 6.43. The van der Waals surface area contributed by atoms with E-state index in [-0.39, 0.29) is 0 Å². The SMILES string of the molecule is C1=Cc2c(ccc3sc4ccccc4c23)[Si]2(c3ccccc3-c3ccccc32)c2ccc3oc4ccccc4c3c21. The molecule has 0 N–H and O–H groups in total. The van der Waals surface area contributed by atoms with Crippen LogP contribution in [0.1, 0.15) is 11.1 Å². The Morgan fingerprint density at radius 2 is 1.05 bits per heavy atom. The van der Waals surface area contributed by atoms with Crippen molar-refractivity contribution in [2.24, 2.45) is 0 Å². The zero-order chi connectivity index (χ0) is 26.7. The van der Waals surface area contributed by atoms with Crippen molar-refractivity contribution in [2.45, 2.75) is 0 Å². The van der Waals surface area contributed by atoms with Crippen LogP contribution in [0.15, 0.2) is 126 Å². The molecule has 0 unspecified atom stereocenters. The maximum Gasteiger partial charge on any atom is 0.182 e. The predicted octanol–water partition coefficient (Wildman–Crippen LogP) is 7.80. The molecule has 8 aromatic rings. The molecule has 2 aliphatic heterocycles. The van der Waals surface area contributed by atoms with Gasteiger partial charge >= 0.3 is 0 Å². The van der Waals surface area contributed by atoms with E-state index in [0.717, 1.165) is 11.2 Å². The Morgan fingerprint density at radius 1 is 0.439 bits per heavy atom. The average molecular weight is 555 g/mol. The minimum Gasteiger partial charge on any atom is -0.456 e. The van der Waals surface area contributed by atoms with Crippen molar-refractivity contribution in [3.8, 4) is 11.1 Å². The van der Waals surface area contributed by atoms with E-state index in [2.05, 4.69) is 133 Å². The topological polar surface area (TPSA) is 13.1 Å². The van der Waals surface area contributed by atoms with Gasteiger partial charge in [0, 0.05) is 30.9 Å². The highest BCUT2D eigenvalue weighted by atomic mass is 32.1. The van der Waals surface area contributed by atoms with Crippen LogP contribution in [0.2, 0.25) is 0 Å². The number of thiophene rings is 1. The number of hydrogen-bond acceptors (Lipinski definition) is 2. The second-order valence-corrected chi connectivity index (χ2v) is 15.9. The fourth-order valence-corrected chi connectivity index (χ4v) is 14.5. The first-order valence-electron chi connectivity index (χ1n) is 14.1. The van der Waals surface area contributed by atoms with Gasteiger partial charge in [0.05, 0.1) is 0 Å². The molecule has 4 heterocycles. The molecule has 2 aromatic heterocycles. The smallest absolute Gasteiger partial charge is 0.182 e. The molecule has 3 heteroatoms. The Balaban J connectivity index is 1.48. The summed E-state index contributed by atoms with van der Waals surface area (Å²) in [6.45, 7) is 0. The van der Waals surface area contributed by atoms with E-state index in [1.165, 1.54) is 73.9 Å². The standard InChI is InChI=1S/C38H22OSSi/c1-5-13-29-25(11-1)37-27-17-18-28-36(22-20-32-38(28)26-12-2-6-14-31(26)40-32)41(35(27)21-19-30(37)39-29)33-15-7-3-9-23(33)24-10-4-8-16-34(24)41/h1-22H. The summed E-state index contributed by atoms with van der Waals surface area (Å²) in [5.74, 6) is 0. The van der Waals surface area contributed by atoms with Crippen molar-refractivity contribution < 1.29 is 4.42 Å². The van der Waals surface area contributed by atoms with Gasteiger partial charge in [-0.3, -0.25) is 0 Å². The Morgan fingerprint density at radius 3 is 1.83 bits per heavy atom. The normalized spacial score (nSPS) is 14.4. The number of furan rings is 1. The second-order valence-electron chi connectivity index (χ2n) is 11.2. The molecule has 0 atom stereocenters. The summed E-state index contributed by atoms with van der Waals surface area (Å²) in [4.78, 5) is 0. The van der Waals surface area contributed by atoms with Crippen LogP contribution in [0.5, 0.6) is 0 Å². The lowest BCUT2D eigenvalue weighted by molar-refractivity contribution is 0.669. The summed E-state index contributed by atoms with van der Waals surface area (Å²) in [7, 11) is -2.71. The van der Waals surface area contributed by atoms with Crippen molar-refractivity contribution in [3.05, 3.63) is 132 Å². The molecule has 0 radical (unpaired) electrons. The quantitative estimate of drug-likeness (QED) is 0.174. The average Bonchev–Trinajstić information content (AvgIpc) is 3.65. The lowest BCUT2D eigenvalue weighted by Gasteiger charge is -2.33. The summed E-state index contributed by atoms with van der Waals surface area (Å²) in [5, 5.41) is 11.0. The van der Waals surface area contributed by atoms with E-state index in [1.54, 1.807) is 0 Å². The van der Waals surface area contributed by atoms with Crippen LogP contribution in [-0.2, 0) is 0 Å². The third kappa shape index (κ3) is 2.62. The van der Waals surface area contributed by atoms with Gasteiger partial charge in [0.2, 0.25) is 0 Å². The van der Waals surface area contributed by atoms with E-state index < -0.39 is 8.07 Å². The number of benzene rings is 6. The first kappa shape index (κ1) is 22.0. The van der Waals surface area contributed by atoms with Crippen molar-refractivity contribution in [3.63, 3.8) is 0 Å². The highest BCUT2D eigenvalue weighted by Gasteiger charge is 2.51. The molecule has 0 aliphatic carbocycles. The van der Waals surface area contributed by atoms with Crippen molar-refractivity contribution in [2.75, 3.05) is 0 Å². The van der Waals surface area contributed by atoms with Crippen molar-refractivity contribution in [1.29, 1.82) is 0 Å². The van der Waals surface area contributed by atoms with E-state index in [9.17, 15) is 0 Å². The maximum atomic E-state index is 6.43. The van der Waals surface area contributed by atoms with Crippen LogP contribution in [0.4, 0.5) is 0 Å². The number of para-hydroxylation sites is 1. The third-order valence-electron chi connectivity index (χ3n) is 9.34. The van der Waals surface area contributed by atoms with Gasteiger partial charge in [-0.05, 0) is 67.3 Å². The first-order chi connectivity index (χ1) is 20.3. The van der Waals surface area contributed by atoms with Gasteiger partial charge in [-0.25, -0.2) is 0 Å². The molecule has 0 bridgehead atoms. The summed E-state index contributed by atoms with van der Waals surface area (Å²) in [6, 6.07) is 45.2. The number of fused-ring (bicyclic) bond motifs is 17. The molecule has 0 saturated heterocycles. The molecule has 0 amide bonds. The molecular formula is C38H22OSSi. The zero-order valence-electron chi connectivity index (χ0n) is 22.0. The lowest BCUT2D eigenvalue weighted by Crippen LogP contribution is -2.73. The summed E-state index contributed by atoms with van der Waals surface area (Å²) < 4.78 is 9.12. The van der Waals surface area contributed by atoms with Crippen LogP contribution >= 0.6 is 11.3 Å². The minimum atomic E-state index is -2.71. The van der Waals surface area contributed by atoms with Crippen molar-refractivity contribution in [1.82, 2.24) is 0 Å². The molecular weight excluding hydrogens is 533 g/mol. The Bertz CT molecular complexity index is 2270. The molecule has 1 nitrogen and oxygen atoms in total.